The predicted octanol–water partition coefficient (Wildman–Crippen LogP) is 2.39. The largest absolute Gasteiger partial charge is 0.418 e. The standard InChI is InChI=1S/C11H16N4OS/c1-7-13-8(6-17-7)10-15-14-9(16-10)5-12-11(2,3)4/h6,12H,5H2,1-4H3. The summed E-state index contributed by atoms with van der Waals surface area (Å²) in [4.78, 5) is 4.31. The van der Waals surface area contributed by atoms with Crippen LogP contribution in [-0.2, 0) is 6.54 Å². The highest BCUT2D eigenvalue weighted by atomic mass is 32.1. The van der Waals surface area contributed by atoms with Gasteiger partial charge in [0.25, 0.3) is 5.89 Å². The van der Waals surface area contributed by atoms with E-state index in [-0.39, 0.29) is 5.54 Å². The molecule has 0 aliphatic carbocycles. The molecule has 0 atom stereocenters. The van der Waals surface area contributed by atoms with Gasteiger partial charge in [0.05, 0.1) is 11.6 Å². The van der Waals surface area contributed by atoms with Crippen molar-refractivity contribution in [3.8, 4) is 11.6 Å². The van der Waals surface area contributed by atoms with Crippen molar-refractivity contribution in [3.63, 3.8) is 0 Å². The second kappa shape index (κ2) is 4.54. The van der Waals surface area contributed by atoms with Gasteiger partial charge in [-0.15, -0.1) is 21.5 Å². The topological polar surface area (TPSA) is 63.8 Å². The quantitative estimate of drug-likeness (QED) is 0.908. The van der Waals surface area contributed by atoms with Gasteiger partial charge in [-0.3, -0.25) is 0 Å². The zero-order chi connectivity index (χ0) is 12.5. The SMILES string of the molecule is Cc1nc(-c2nnc(CNC(C)(C)C)o2)cs1. The molecule has 0 aliphatic heterocycles. The molecule has 0 unspecified atom stereocenters. The maximum atomic E-state index is 5.54. The zero-order valence-electron chi connectivity index (χ0n) is 10.4. The lowest BCUT2D eigenvalue weighted by molar-refractivity contribution is 0.383. The third-order valence-electron chi connectivity index (χ3n) is 2.07. The summed E-state index contributed by atoms with van der Waals surface area (Å²) in [5.41, 5.74) is 0.785. The van der Waals surface area contributed by atoms with Crippen LogP contribution in [0.15, 0.2) is 9.80 Å². The Morgan fingerprint density at radius 2 is 2.12 bits per heavy atom. The van der Waals surface area contributed by atoms with Crippen molar-refractivity contribution in [3.05, 3.63) is 16.3 Å². The van der Waals surface area contributed by atoms with Crippen LogP contribution in [0.5, 0.6) is 0 Å². The Kier molecular flexibility index (Phi) is 3.26. The number of nitrogens with one attached hydrogen (secondary N) is 1. The molecule has 6 heteroatoms. The molecule has 0 saturated carbocycles. The van der Waals surface area contributed by atoms with Crippen molar-refractivity contribution >= 4 is 11.3 Å². The van der Waals surface area contributed by atoms with Crippen molar-refractivity contribution in [1.29, 1.82) is 0 Å². The monoisotopic (exact) mass is 252 g/mol. The second-order valence-electron chi connectivity index (χ2n) is 4.86. The maximum absolute atomic E-state index is 5.54. The highest BCUT2D eigenvalue weighted by Crippen LogP contribution is 2.20. The summed E-state index contributed by atoms with van der Waals surface area (Å²) in [5.74, 6) is 1.07. The van der Waals surface area contributed by atoms with Gasteiger partial charge in [-0.2, -0.15) is 0 Å². The van der Waals surface area contributed by atoms with Crippen LogP contribution in [0.1, 0.15) is 31.7 Å². The molecular formula is C11H16N4OS. The number of nitrogens with zero attached hydrogens (tertiary/aromatic N) is 3. The third kappa shape index (κ3) is 3.34. The molecule has 17 heavy (non-hydrogen) atoms. The Labute approximate surface area is 104 Å². The molecular weight excluding hydrogens is 236 g/mol. The van der Waals surface area contributed by atoms with Crippen LogP contribution in [0.4, 0.5) is 0 Å². The Morgan fingerprint density at radius 1 is 1.35 bits per heavy atom. The lowest BCUT2D eigenvalue weighted by Gasteiger charge is -2.18. The molecule has 0 spiro atoms. The Morgan fingerprint density at radius 3 is 2.71 bits per heavy atom. The first-order chi connectivity index (χ1) is 7.94. The predicted molar refractivity (Wildman–Crippen MR) is 66.7 cm³/mol. The average Bonchev–Trinajstić information content (AvgIpc) is 2.81. The minimum Gasteiger partial charge on any atom is -0.418 e. The van der Waals surface area contributed by atoms with Gasteiger partial charge in [-0.05, 0) is 27.7 Å². The van der Waals surface area contributed by atoms with Gasteiger partial charge in [-0.1, -0.05) is 0 Å². The smallest absolute Gasteiger partial charge is 0.267 e. The number of rotatable bonds is 3. The van der Waals surface area contributed by atoms with E-state index in [4.69, 9.17) is 4.42 Å². The highest BCUT2D eigenvalue weighted by Gasteiger charge is 2.14. The van der Waals surface area contributed by atoms with E-state index in [0.29, 0.717) is 18.3 Å². The van der Waals surface area contributed by atoms with E-state index in [9.17, 15) is 0 Å². The normalized spacial score (nSPS) is 12.0. The number of aromatic nitrogens is 3. The molecule has 2 rings (SSSR count). The van der Waals surface area contributed by atoms with Crippen LogP contribution >= 0.6 is 11.3 Å². The first kappa shape index (κ1) is 12.2. The molecule has 0 aliphatic rings. The third-order valence-corrected chi connectivity index (χ3v) is 2.85. The lowest BCUT2D eigenvalue weighted by atomic mass is 10.1. The summed E-state index contributed by atoms with van der Waals surface area (Å²) in [5, 5.41) is 14.2. The molecule has 0 saturated heterocycles. The van der Waals surface area contributed by atoms with Crippen molar-refractivity contribution in [2.75, 3.05) is 0 Å². The highest BCUT2D eigenvalue weighted by molar-refractivity contribution is 7.09. The van der Waals surface area contributed by atoms with Crippen LogP contribution in [0.25, 0.3) is 11.6 Å². The Hall–Kier alpha value is -1.27. The van der Waals surface area contributed by atoms with Crippen LogP contribution in [0.3, 0.4) is 0 Å². The molecule has 0 fully saturated rings. The van der Waals surface area contributed by atoms with E-state index in [0.717, 1.165) is 10.7 Å². The maximum Gasteiger partial charge on any atom is 0.267 e. The molecule has 2 aromatic heterocycles. The second-order valence-corrected chi connectivity index (χ2v) is 5.92. The van der Waals surface area contributed by atoms with E-state index in [1.54, 1.807) is 11.3 Å². The number of aryl methyl sites for hydroxylation is 1. The van der Waals surface area contributed by atoms with E-state index >= 15 is 0 Å². The summed E-state index contributed by atoms with van der Waals surface area (Å²) < 4.78 is 5.54. The molecule has 1 N–H and O–H groups in total. The minimum atomic E-state index is 0.0336. The van der Waals surface area contributed by atoms with E-state index < -0.39 is 0 Å². The zero-order valence-corrected chi connectivity index (χ0v) is 11.3. The summed E-state index contributed by atoms with van der Waals surface area (Å²) in [6, 6.07) is 0. The van der Waals surface area contributed by atoms with Crippen LogP contribution in [0, 0.1) is 6.92 Å². The number of hydrogen-bond donors (Lipinski definition) is 1. The van der Waals surface area contributed by atoms with Gasteiger partial charge >= 0.3 is 0 Å². The minimum absolute atomic E-state index is 0.0336. The van der Waals surface area contributed by atoms with Crippen molar-refractivity contribution < 1.29 is 4.42 Å². The fourth-order valence-electron chi connectivity index (χ4n) is 1.23. The van der Waals surface area contributed by atoms with E-state index in [1.807, 2.05) is 12.3 Å². The number of hydrogen-bond acceptors (Lipinski definition) is 6. The summed E-state index contributed by atoms with van der Waals surface area (Å²) in [7, 11) is 0. The molecule has 0 bridgehead atoms. The Balaban J connectivity index is 2.06. The number of thiazole rings is 1. The van der Waals surface area contributed by atoms with E-state index in [1.165, 1.54) is 0 Å². The molecule has 92 valence electrons. The molecule has 2 heterocycles. The van der Waals surface area contributed by atoms with Gasteiger partial charge in [0.1, 0.15) is 5.69 Å². The van der Waals surface area contributed by atoms with E-state index in [2.05, 4.69) is 41.3 Å². The molecule has 0 amide bonds. The van der Waals surface area contributed by atoms with Gasteiger partial charge < -0.3 is 9.73 Å². The van der Waals surface area contributed by atoms with Crippen molar-refractivity contribution in [2.45, 2.75) is 39.8 Å². The molecule has 2 aromatic rings. The average molecular weight is 252 g/mol. The first-order valence-electron chi connectivity index (χ1n) is 5.44. The van der Waals surface area contributed by atoms with Gasteiger partial charge in [-0.25, -0.2) is 4.98 Å². The Bertz CT molecular complexity index is 498. The van der Waals surface area contributed by atoms with Crippen LogP contribution in [0.2, 0.25) is 0 Å². The lowest BCUT2D eigenvalue weighted by Crippen LogP contribution is -2.35. The van der Waals surface area contributed by atoms with Crippen molar-refractivity contribution in [1.82, 2.24) is 20.5 Å². The van der Waals surface area contributed by atoms with Gasteiger partial charge in [0, 0.05) is 10.9 Å². The van der Waals surface area contributed by atoms with Gasteiger partial charge in [0.2, 0.25) is 5.89 Å². The molecule has 0 radical (unpaired) electrons. The summed E-state index contributed by atoms with van der Waals surface area (Å²) >= 11 is 1.57. The first-order valence-corrected chi connectivity index (χ1v) is 6.32. The van der Waals surface area contributed by atoms with Gasteiger partial charge in [0.15, 0.2) is 0 Å². The van der Waals surface area contributed by atoms with Crippen molar-refractivity contribution in [2.24, 2.45) is 0 Å². The molecule has 0 aromatic carbocycles. The molecule has 5 nitrogen and oxygen atoms in total. The fourth-order valence-corrected chi connectivity index (χ4v) is 1.82. The van der Waals surface area contributed by atoms with Crippen LogP contribution in [-0.4, -0.2) is 20.7 Å². The fraction of sp³-hybridized carbons (Fsp3) is 0.545. The van der Waals surface area contributed by atoms with Crippen LogP contribution < -0.4 is 5.32 Å². The summed E-state index contributed by atoms with van der Waals surface area (Å²) in [6.07, 6.45) is 0. The summed E-state index contributed by atoms with van der Waals surface area (Å²) in [6.45, 7) is 8.79.